The number of aromatic carboxylic acids is 1. The van der Waals surface area contributed by atoms with E-state index in [9.17, 15) is 4.79 Å². The molecular formula is C23H25N5O4. The number of carboxylic acids is 1. The Bertz CT molecular complexity index is 1060. The highest BCUT2D eigenvalue weighted by Gasteiger charge is 2.31. The van der Waals surface area contributed by atoms with Gasteiger partial charge in [-0.25, -0.2) is 9.78 Å². The number of benzene rings is 1. The van der Waals surface area contributed by atoms with Crippen LogP contribution in [-0.2, 0) is 11.3 Å². The van der Waals surface area contributed by atoms with Gasteiger partial charge in [-0.15, -0.1) is 0 Å². The minimum Gasteiger partial charge on any atom is -0.478 e. The highest BCUT2D eigenvalue weighted by Crippen LogP contribution is 2.33. The molecule has 1 atom stereocenters. The summed E-state index contributed by atoms with van der Waals surface area (Å²) in [5, 5.41) is 13.3. The molecule has 166 valence electrons. The van der Waals surface area contributed by atoms with Crippen molar-refractivity contribution in [3.8, 4) is 11.4 Å². The zero-order valence-electron chi connectivity index (χ0n) is 17.7. The van der Waals surface area contributed by atoms with Crippen molar-refractivity contribution < 1.29 is 19.2 Å². The van der Waals surface area contributed by atoms with E-state index < -0.39 is 5.97 Å². The normalized spacial score (nSPS) is 19.4. The number of carboxylic acid groups (broad SMARTS) is 1. The highest BCUT2D eigenvalue weighted by molar-refractivity contribution is 5.87. The van der Waals surface area contributed by atoms with E-state index in [0.29, 0.717) is 23.8 Å². The molecule has 0 radical (unpaired) electrons. The standard InChI is InChI=1S/C23H25N5O4/c29-23(30)17-5-3-16(4-6-17)15-28-9-1-2-19(28)22-25-21(26-32-22)18-7-8-20(24-14-18)27-10-12-31-13-11-27/h3-8,14,19H,1-2,9-13,15H2,(H,29,30). The third-order valence-corrected chi connectivity index (χ3v) is 6.02. The SMILES string of the molecule is O=C(O)c1ccc(CN2CCCC2c2nc(-c3ccc(N4CCOCC4)nc3)no2)cc1. The number of hydrogen-bond donors (Lipinski definition) is 1. The largest absolute Gasteiger partial charge is 0.478 e. The smallest absolute Gasteiger partial charge is 0.335 e. The third kappa shape index (κ3) is 4.35. The van der Waals surface area contributed by atoms with E-state index in [4.69, 9.17) is 14.4 Å². The molecule has 1 aromatic carbocycles. The number of nitrogens with zero attached hydrogens (tertiary/aromatic N) is 5. The number of ether oxygens (including phenoxy) is 1. The second kappa shape index (κ2) is 9.05. The Morgan fingerprint density at radius 2 is 1.91 bits per heavy atom. The van der Waals surface area contributed by atoms with E-state index in [1.165, 1.54) is 0 Å². The maximum atomic E-state index is 11.1. The molecule has 4 heterocycles. The summed E-state index contributed by atoms with van der Waals surface area (Å²) in [6.45, 7) is 4.76. The van der Waals surface area contributed by atoms with Gasteiger partial charge in [0.25, 0.3) is 0 Å². The number of rotatable bonds is 6. The Morgan fingerprint density at radius 3 is 2.62 bits per heavy atom. The van der Waals surface area contributed by atoms with Crippen LogP contribution in [0.3, 0.4) is 0 Å². The molecule has 1 unspecified atom stereocenters. The predicted octanol–water partition coefficient (Wildman–Crippen LogP) is 3.00. The van der Waals surface area contributed by atoms with E-state index in [0.717, 1.165) is 62.6 Å². The van der Waals surface area contributed by atoms with E-state index in [-0.39, 0.29) is 6.04 Å². The minimum absolute atomic E-state index is 0.0518. The summed E-state index contributed by atoms with van der Waals surface area (Å²) in [6, 6.07) is 11.0. The number of aromatic nitrogens is 3. The molecular weight excluding hydrogens is 410 g/mol. The fraction of sp³-hybridized carbons (Fsp3) is 0.391. The van der Waals surface area contributed by atoms with Crippen LogP contribution in [0.1, 0.15) is 40.7 Å². The molecule has 9 heteroatoms. The zero-order chi connectivity index (χ0) is 21.9. The van der Waals surface area contributed by atoms with Gasteiger partial charge in [-0.05, 0) is 49.2 Å². The Balaban J connectivity index is 1.27. The lowest BCUT2D eigenvalue weighted by Gasteiger charge is -2.27. The van der Waals surface area contributed by atoms with E-state index in [1.807, 2.05) is 24.3 Å². The fourth-order valence-corrected chi connectivity index (χ4v) is 4.27. The quantitative estimate of drug-likeness (QED) is 0.625. The minimum atomic E-state index is -0.915. The van der Waals surface area contributed by atoms with Crippen molar-refractivity contribution in [3.63, 3.8) is 0 Å². The van der Waals surface area contributed by atoms with Crippen LogP contribution in [0.15, 0.2) is 47.1 Å². The number of likely N-dealkylation sites (tertiary alicyclic amines) is 1. The molecule has 0 aliphatic carbocycles. The van der Waals surface area contributed by atoms with Crippen molar-refractivity contribution in [2.24, 2.45) is 0 Å². The van der Waals surface area contributed by atoms with E-state index >= 15 is 0 Å². The first-order valence-corrected chi connectivity index (χ1v) is 10.9. The van der Waals surface area contributed by atoms with Gasteiger partial charge in [-0.2, -0.15) is 4.98 Å². The molecule has 2 aromatic heterocycles. The molecule has 2 fully saturated rings. The van der Waals surface area contributed by atoms with Gasteiger partial charge in [-0.3, -0.25) is 4.90 Å². The van der Waals surface area contributed by atoms with Gasteiger partial charge < -0.3 is 19.3 Å². The van der Waals surface area contributed by atoms with Gasteiger partial charge in [0, 0.05) is 31.4 Å². The fourth-order valence-electron chi connectivity index (χ4n) is 4.27. The van der Waals surface area contributed by atoms with Crippen LogP contribution in [-0.4, -0.2) is 63.9 Å². The molecule has 2 saturated heterocycles. The molecule has 0 spiro atoms. The average Bonchev–Trinajstić information content (AvgIpc) is 3.50. The molecule has 32 heavy (non-hydrogen) atoms. The summed E-state index contributed by atoms with van der Waals surface area (Å²) in [5.74, 6) is 1.16. The molecule has 2 aliphatic heterocycles. The van der Waals surface area contributed by atoms with Crippen molar-refractivity contribution in [1.29, 1.82) is 0 Å². The maximum Gasteiger partial charge on any atom is 0.335 e. The lowest BCUT2D eigenvalue weighted by molar-refractivity contribution is 0.0697. The van der Waals surface area contributed by atoms with Crippen molar-refractivity contribution >= 4 is 11.8 Å². The van der Waals surface area contributed by atoms with Gasteiger partial charge >= 0.3 is 5.97 Å². The van der Waals surface area contributed by atoms with Crippen molar-refractivity contribution in [2.75, 3.05) is 37.7 Å². The Morgan fingerprint density at radius 1 is 1.09 bits per heavy atom. The van der Waals surface area contributed by atoms with Crippen LogP contribution >= 0.6 is 0 Å². The van der Waals surface area contributed by atoms with Gasteiger partial charge in [-0.1, -0.05) is 17.3 Å². The molecule has 1 N–H and O–H groups in total. The molecule has 9 nitrogen and oxygen atoms in total. The van der Waals surface area contributed by atoms with Crippen LogP contribution in [0.2, 0.25) is 0 Å². The van der Waals surface area contributed by atoms with Crippen molar-refractivity contribution in [2.45, 2.75) is 25.4 Å². The first-order valence-electron chi connectivity index (χ1n) is 10.9. The third-order valence-electron chi connectivity index (χ3n) is 6.02. The van der Waals surface area contributed by atoms with Crippen LogP contribution < -0.4 is 4.90 Å². The van der Waals surface area contributed by atoms with Crippen LogP contribution in [0.4, 0.5) is 5.82 Å². The topological polar surface area (TPSA) is 105 Å². The lowest BCUT2D eigenvalue weighted by Crippen LogP contribution is -2.36. The molecule has 0 bridgehead atoms. The van der Waals surface area contributed by atoms with Gasteiger partial charge in [0.05, 0.1) is 24.8 Å². The molecule has 5 rings (SSSR count). The first kappa shape index (κ1) is 20.6. The summed E-state index contributed by atoms with van der Waals surface area (Å²) in [4.78, 5) is 24.8. The summed E-state index contributed by atoms with van der Waals surface area (Å²) in [5.41, 5.74) is 2.18. The van der Waals surface area contributed by atoms with Gasteiger partial charge in [0.15, 0.2) is 0 Å². The second-order valence-corrected chi connectivity index (χ2v) is 8.09. The molecule has 0 saturated carbocycles. The lowest BCUT2D eigenvalue weighted by atomic mass is 10.1. The van der Waals surface area contributed by atoms with Crippen molar-refractivity contribution in [1.82, 2.24) is 20.0 Å². The first-order chi connectivity index (χ1) is 15.7. The maximum absolute atomic E-state index is 11.1. The monoisotopic (exact) mass is 435 g/mol. The van der Waals surface area contributed by atoms with E-state index in [1.54, 1.807) is 18.3 Å². The Hall–Kier alpha value is -3.30. The summed E-state index contributed by atoms with van der Waals surface area (Å²) in [6.07, 6.45) is 3.78. The van der Waals surface area contributed by atoms with Gasteiger partial charge in [0.1, 0.15) is 5.82 Å². The van der Waals surface area contributed by atoms with E-state index in [2.05, 4.69) is 24.9 Å². The summed E-state index contributed by atoms with van der Waals surface area (Å²) < 4.78 is 11.0. The predicted molar refractivity (Wildman–Crippen MR) is 116 cm³/mol. The number of anilines is 1. The second-order valence-electron chi connectivity index (χ2n) is 8.09. The zero-order valence-corrected chi connectivity index (χ0v) is 17.7. The highest BCUT2D eigenvalue weighted by atomic mass is 16.5. The molecule has 2 aliphatic rings. The number of carbonyl (C=O) groups is 1. The van der Waals surface area contributed by atoms with Crippen molar-refractivity contribution in [3.05, 3.63) is 59.6 Å². The number of pyridine rings is 1. The van der Waals surface area contributed by atoms with Crippen LogP contribution in [0.25, 0.3) is 11.4 Å². The number of morpholine rings is 1. The molecule has 3 aromatic rings. The van der Waals surface area contributed by atoms with Crippen LogP contribution in [0, 0.1) is 0 Å². The average molecular weight is 435 g/mol. The number of hydrogen-bond acceptors (Lipinski definition) is 8. The summed E-state index contributed by atoms with van der Waals surface area (Å²) >= 11 is 0. The Labute approximate surface area is 185 Å². The summed E-state index contributed by atoms with van der Waals surface area (Å²) in [7, 11) is 0. The molecule has 0 amide bonds. The van der Waals surface area contributed by atoms with Crippen LogP contribution in [0.5, 0.6) is 0 Å². The van der Waals surface area contributed by atoms with Gasteiger partial charge in [0.2, 0.25) is 11.7 Å². The Kier molecular flexibility index (Phi) is 5.83.